The summed E-state index contributed by atoms with van der Waals surface area (Å²) in [6.45, 7) is 2.10. The van der Waals surface area contributed by atoms with E-state index in [0.717, 1.165) is 4.47 Å². The molecule has 0 aromatic heterocycles. The van der Waals surface area contributed by atoms with Gasteiger partial charge in [0.1, 0.15) is 5.75 Å². The van der Waals surface area contributed by atoms with Crippen LogP contribution < -0.4 is 4.74 Å². The highest BCUT2D eigenvalue weighted by Gasteiger charge is 2.13. The largest absolute Gasteiger partial charge is 0.494 e. The van der Waals surface area contributed by atoms with Gasteiger partial charge in [-0.2, -0.15) is 0 Å². The predicted octanol–water partition coefficient (Wildman–Crippen LogP) is 4.24. The zero-order valence-corrected chi connectivity index (χ0v) is 16.0. The minimum absolute atomic E-state index is 0.0271. The van der Waals surface area contributed by atoms with Crippen molar-refractivity contribution in [3.63, 3.8) is 0 Å². The lowest BCUT2D eigenvalue weighted by atomic mass is 10.1. The molecule has 2 aromatic rings. The lowest BCUT2D eigenvalue weighted by molar-refractivity contribution is -0.142. The number of halogens is 1. The van der Waals surface area contributed by atoms with Gasteiger partial charge in [-0.05, 0) is 43.3 Å². The number of ether oxygens (including phenoxy) is 2. The van der Waals surface area contributed by atoms with Crippen molar-refractivity contribution in [1.29, 1.82) is 0 Å². The topological polar surface area (TPSA) is 69.7 Å². The average Bonchev–Trinajstić information content (AvgIpc) is 2.65. The molecule has 5 nitrogen and oxygen atoms in total. The summed E-state index contributed by atoms with van der Waals surface area (Å²) in [5.41, 5.74) is 0.971. The Balaban J connectivity index is 1.76. The first kappa shape index (κ1) is 19.8. The van der Waals surface area contributed by atoms with Crippen LogP contribution in [0.4, 0.5) is 0 Å². The van der Waals surface area contributed by atoms with Gasteiger partial charge in [-0.3, -0.25) is 14.4 Å². The van der Waals surface area contributed by atoms with E-state index in [-0.39, 0.29) is 31.0 Å². The number of esters is 1. The minimum Gasteiger partial charge on any atom is -0.494 e. The van der Waals surface area contributed by atoms with Gasteiger partial charge in [-0.1, -0.05) is 28.1 Å². The highest BCUT2D eigenvalue weighted by molar-refractivity contribution is 9.10. The van der Waals surface area contributed by atoms with E-state index in [0.29, 0.717) is 23.5 Å². The van der Waals surface area contributed by atoms with Crippen molar-refractivity contribution < 1.29 is 23.9 Å². The summed E-state index contributed by atoms with van der Waals surface area (Å²) < 4.78 is 11.1. The van der Waals surface area contributed by atoms with Crippen LogP contribution in [0.3, 0.4) is 0 Å². The SMILES string of the molecule is CCOc1ccc(C(=O)CCC(=O)OCC(=O)c2ccc(Br)cc2)cc1. The molecule has 0 fully saturated rings. The van der Waals surface area contributed by atoms with E-state index < -0.39 is 5.97 Å². The summed E-state index contributed by atoms with van der Waals surface area (Å²) in [6, 6.07) is 13.5. The Morgan fingerprint density at radius 3 is 2.04 bits per heavy atom. The zero-order chi connectivity index (χ0) is 18.9. The van der Waals surface area contributed by atoms with Crippen LogP contribution in [0.5, 0.6) is 5.75 Å². The summed E-state index contributed by atoms with van der Waals surface area (Å²) in [4.78, 5) is 35.8. The van der Waals surface area contributed by atoms with Gasteiger partial charge < -0.3 is 9.47 Å². The van der Waals surface area contributed by atoms with Crippen LogP contribution in [0.1, 0.15) is 40.5 Å². The van der Waals surface area contributed by atoms with Crippen LogP contribution >= 0.6 is 15.9 Å². The monoisotopic (exact) mass is 418 g/mol. The second-order valence-electron chi connectivity index (χ2n) is 5.47. The van der Waals surface area contributed by atoms with Crippen molar-refractivity contribution in [3.05, 3.63) is 64.1 Å². The average molecular weight is 419 g/mol. The molecule has 0 unspecified atom stereocenters. The van der Waals surface area contributed by atoms with Gasteiger partial charge in [0.05, 0.1) is 13.0 Å². The molecule has 2 aromatic carbocycles. The summed E-state index contributed by atoms with van der Waals surface area (Å²) in [7, 11) is 0. The van der Waals surface area contributed by atoms with Gasteiger partial charge in [-0.15, -0.1) is 0 Å². The van der Waals surface area contributed by atoms with Gasteiger partial charge in [-0.25, -0.2) is 0 Å². The van der Waals surface area contributed by atoms with E-state index in [2.05, 4.69) is 15.9 Å². The number of hydrogen-bond donors (Lipinski definition) is 0. The molecule has 0 saturated heterocycles. The molecular formula is C20H19BrO5. The molecule has 0 N–H and O–H groups in total. The van der Waals surface area contributed by atoms with Crippen LogP contribution in [-0.4, -0.2) is 30.7 Å². The van der Waals surface area contributed by atoms with Crippen molar-refractivity contribution in [1.82, 2.24) is 0 Å². The van der Waals surface area contributed by atoms with Gasteiger partial charge in [0, 0.05) is 22.0 Å². The molecule has 0 aliphatic heterocycles. The van der Waals surface area contributed by atoms with Crippen molar-refractivity contribution in [2.24, 2.45) is 0 Å². The van der Waals surface area contributed by atoms with Crippen LogP contribution in [0.2, 0.25) is 0 Å². The van der Waals surface area contributed by atoms with Gasteiger partial charge in [0.15, 0.2) is 18.2 Å². The van der Waals surface area contributed by atoms with E-state index in [1.54, 1.807) is 48.5 Å². The molecule has 0 aliphatic rings. The van der Waals surface area contributed by atoms with E-state index in [4.69, 9.17) is 9.47 Å². The molecule has 2 rings (SSSR count). The predicted molar refractivity (Wildman–Crippen MR) is 101 cm³/mol. The molecular weight excluding hydrogens is 400 g/mol. The highest BCUT2D eigenvalue weighted by atomic mass is 79.9. The Morgan fingerprint density at radius 2 is 1.42 bits per heavy atom. The lowest BCUT2D eigenvalue weighted by Gasteiger charge is -2.06. The van der Waals surface area contributed by atoms with Crippen LogP contribution in [0.15, 0.2) is 53.0 Å². The van der Waals surface area contributed by atoms with Gasteiger partial charge in [0.25, 0.3) is 0 Å². The smallest absolute Gasteiger partial charge is 0.306 e. The maximum atomic E-state index is 12.1. The third kappa shape index (κ3) is 6.11. The fraction of sp³-hybridized carbons (Fsp3) is 0.250. The van der Waals surface area contributed by atoms with Crippen LogP contribution in [-0.2, 0) is 9.53 Å². The first-order chi connectivity index (χ1) is 12.5. The number of rotatable bonds is 9. The van der Waals surface area contributed by atoms with E-state index in [1.165, 1.54) is 0 Å². The second-order valence-corrected chi connectivity index (χ2v) is 6.39. The first-order valence-corrected chi connectivity index (χ1v) is 8.99. The molecule has 0 spiro atoms. The molecule has 0 amide bonds. The van der Waals surface area contributed by atoms with E-state index in [9.17, 15) is 14.4 Å². The summed E-state index contributed by atoms with van der Waals surface area (Å²) in [6.07, 6.45) is -0.0427. The molecule has 26 heavy (non-hydrogen) atoms. The third-order valence-electron chi connectivity index (χ3n) is 3.57. The number of hydrogen-bond acceptors (Lipinski definition) is 5. The second kappa shape index (κ2) is 9.87. The molecule has 0 saturated carbocycles. The maximum absolute atomic E-state index is 12.1. The summed E-state index contributed by atoms with van der Waals surface area (Å²) in [5.74, 6) is -0.336. The zero-order valence-electron chi connectivity index (χ0n) is 14.4. The molecule has 0 aliphatic carbocycles. The fourth-order valence-corrected chi connectivity index (χ4v) is 2.47. The number of carbonyl (C=O) groups is 3. The molecule has 0 radical (unpaired) electrons. The van der Waals surface area contributed by atoms with Crippen LogP contribution in [0, 0.1) is 0 Å². The fourth-order valence-electron chi connectivity index (χ4n) is 2.20. The lowest BCUT2D eigenvalue weighted by Crippen LogP contribution is -2.15. The van der Waals surface area contributed by atoms with E-state index >= 15 is 0 Å². The number of ketones is 2. The van der Waals surface area contributed by atoms with Gasteiger partial charge in [0.2, 0.25) is 0 Å². The Morgan fingerprint density at radius 1 is 0.846 bits per heavy atom. The molecule has 0 heterocycles. The normalized spacial score (nSPS) is 10.2. The molecule has 0 atom stereocenters. The van der Waals surface area contributed by atoms with Crippen molar-refractivity contribution in [2.75, 3.05) is 13.2 Å². The van der Waals surface area contributed by atoms with Gasteiger partial charge >= 0.3 is 5.97 Å². The Labute approximate surface area is 160 Å². The van der Waals surface area contributed by atoms with Crippen LogP contribution in [0.25, 0.3) is 0 Å². The minimum atomic E-state index is -0.574. The highest BCUT2D eigenvalue weighted by Crippen LogP contribution is 2.14. The summed E-state index contributed by atoms with van der Waals surface area (Å²) >= 11 is 3.29. The molecule has 6 heteroatoms. The Bertz CT molecular complexity index is 766. The van der Waals surface area contributed by atoms with Crippen molar-refractivity contribution in [2.45, 2.75) is 19.8 Å². The van der Waals surface area contributed by atoms with E-state index in [1.807, 2.05) is 6.92 Å². The van der Waals surface area contributed by atoms with Crippen molar-refractivity contribution >= 4 is 33.5 Å². The quantitative estimate of drug-likeness (QED) is 0.449. The Hall–Kier alpha value is -2.47. The number of Topliss-reactive ketones (excluding diaryl/α,β-unsaturated/α-hetero) is 2. The summed E-state index contributed by atoms with van der Waals surface area (Å²) in [5, 5.41) is 0. The van der Waals surface area contributed by atoms with Crippen molar-refractivity contribution in [3.8, 4) is 5.75 Å². The molecule has 136 valence electrons. The maximum Gasteiger partial charge on any atom is 0.306 e. The first-order valence-electron chi connectivity index (χ1n) is 8.20. The Kier molecular flexibility index (Phi) is 7.53. The number of benzene rings is 2. The standard InChI is InChI=1S/C20H19BrO5/c1-2-25-17-9-5-14(6-10-17)18(22)11-12-20(24)26-13-19(23)15-3-7-16(21)8-4-15/h3-10H,2,11-13H2,1H3. The number of carbonyl (C=O) groups excluding carboxylic acids is 3. The molecule has 0 bridgehead atoms. The third-order valence-corrected chi connectivity index (χ3v) is 4.10.